The molecule has 0 radical (unpaired) electrons. The van der Waals surface area contributed by atoms with E-state index in [1.807, 2.05) is 0 Å². The molecule has 0 fully saturated rings. The second-order valence-electron chi connectivity index (χ2n) is 13.1. The molecule has 0 spiro atoms. The number of quaternary nitrogens is 1. The first kappa shape index (κ1) is 34.1. The third-order valence-electron chi connectivity index (χ3n) is 9.38. The van der Waals surface area contributed by atoms with Crippen molar-refractivity contribution in [2.24, 2.45) is 0 Å². The molecular formula is C45H50NP+2. The van der Waals surface area contributed by atoms with Crippen LogP contribution in [0.2, 0.25) is 0 Å². The Kier molecular flexibility index (Phi) is 12.0. The van der Waals surface area contributed by atoms with Crippen LogP contribution < -0.4 is 15.9 Å². The molecular weight excluding hydrogens is 585 g/mol. The highest BCUT2D eigenvalue weighted by Gasteiger charge is 2.48. The largest absolute Gasteiger partial charge is 0.310 e. The van der Waals surface area contributed by atoms with Crippen LogP contribution in [0.15, 0.2) is 182 Å². The van der Waals surface area contributed by atoms with Crippen LogP contribution in [0.4, 0.5) is 0 Å². The lowest BCUT2D eigenvalue weighted by molar-refractivity contribution is -0.984. The quantitative estimate of drug-likeness (QED) is 0.0982. The molecule has 0 amide bonds. The molecule has 0 aromatic heterocycles. The smallest absolute Gasteiger partial charge is 0.114 e. The summed E-state index contributed by atoms with van der Waals surface area (Å²) in [6.07, 6.45) is 0. The zero-order valence-electron chi connectivity index (χ0n) is 28.5. The Hall–Kier alpha value is -4.29. The van der Waals surface area contributed by atoms with E-state index in [1.54, 1.807) is 0 Å². The summed E-state index contributed by atoms with van der Waals surface area (Å²) >= 11 is 0. The Morgan fingerprint density at radius 2 is 0.596 bits per heavy atom. The molecule has 6 rings (SSSR count). The fraction of sp³-hybridized carbons (Fsp3) is 0.200. The van der Waals surface area contributed by atoms with Gasteiger partial charge in [-0.25, -0.2) is 0 Å². The van der Waals surface area contributed by atoms with E-state index in [-0.39, 0.29) is 0 Å². The lowest BCUT2D eigenvalue weighted by Gasteiger charge is -2.43. The average molecular weight is 636 g/mol. The van der Waals surface area contributed by atoms with E-state index in [4.69, 9.17) is 0 Å². The minimum absolute atomic E-state index is 0.528. The third kappa shape index (κ3) is 8.36. The van der Waals surface area contributed by atoms with Crippen LogP contribution in [0, 0.1) is 0 Å². The highest BCUT2D eigenvalue weighted by Crippen LogP contribution is 2.59. The first-order chi connectivity index (χ1) is 22.9. The fourth-order valence-corrected chi connectivity index (χ4v) is 11.5. The number of hydrogen-bond donors (Lipinski definition) is 0. The lowest BCUT2D eigenvalue weighted by atomic mass is 10.0. The fourth-order valence-electron chi connectivity index (χ4n) is 6.89. The van der Waals surface area contributed by atoms with Gasteiger partial charge in [0.05, 0.1) is 11.7 Å². The first-order valence-electron chi connectivity index (χ1n) is 17.0. The molecule has 0 aliphatic carbocycles. The van der Waals surface area contributed by atoms with E-state index in [1.165, 1.54) is 32.6 Å². The summed E-state index contributed by atoms with van der Waals surface area (Å²) in [5, 5.41) is 4.38. The Balaban J connectivity index is 0.000000186. The van der Waals surface area contributed by atoms with Crippen molar-refractivity contribution in [2.45, 2.75) is 59.0 Å². The third-order valence-corrected chi connectivity index (χ3v) is 14.3. The van der Waals surface area contributed by atoms with E-state index < -0.39 is 7.26 Å². The van der Waals surface area contributed by atoms with Gasteiger partial charge in [0.15, 0.2) is 0 Å². The molecule has 1 nitrogen and oxygen atoms in total. The Labute approximate surface area is 284 Å². The molecule has 238 valence electrons. The van der Waals surface area contributed by atoms with Crippen LogP contribution in [0.5, 0.6) is 0 Å². The minimum atomic E-state index is -1.63. The van der Waals surface area contributed by atoms with Crippen molar-refractivity contribution in [3.05, 3.63) is 199 Å². The maximum Gasteiger partial charge on any atom is 0.114 e. The molecule has 2 heteroatoms. The van der Waals surface area contributed by atoms with Gasteiger partial charge in [0.2, 0.25) is 0 Å². The predicted octanol–water partition coefficient (Wildman–Crippen LogP) is 10.2. The van der Waals surface area contributed by atoms with Gasteiger partial charge in [-0.3, -0.25) is 0 Å². The molecule has 0 saturated carbocycles. The van der Waals surface area contributed by atoms with Crippen molar-refractivity contribution in [1.29, 1.82) is 0 Å². The number of rotatable bonds is 11. The number of nitrogens with zero attached hydrogens (tertiary/aromatic N) is 1. The second kappa shape index (κ2) is 16.5. The first-order valence-corrected chi connectivity index (χ1v) is 18.8. The van der Waals surface area contributed by atoms with Gasteiger partial charge in [-0.1, -0.05) is 146 Å². The zero-order valence-corrected chi connectivity index (χ0v) is 29.4. The van der Waals surface area contributed by atoms with Crippen LogP contribution in [0.3, 0.4) is 0 Å². The molecule has 0 aliphatic heterocycles. The van der Waals surface area contributed by atoms with Crippen LogP contribution >= 0.6 is 7.26 Å². The van der Waals surface area contributed by atoms with E-state index in [2.05, 4.69) is 210 Å². The summed E-state index contributed by atoms with van der Waals surface area (Å²) in [6.45, 7) is 12.6. The Bertz CT molecular complexity index is 1520. The van der Waals surface area contributed by atoms with Crippen molar-refractivity contribution in [3.63, 3.8) is 0 Å². The molecule has 0 saturated heterocycles. The van der Waals surface area contributed by atoms with Crippen LogP contribution in [-0.4, -0.2) is 16.2 Å². The Morgan fingerprint density at radius 1 is 0.362 bits per heavy atom. The van der Waals surface area contributed by atoms with Gasteiger partial charge in [0.25, 0.3) is 0 Å². The van der Waals surface area contributed by atoms with Gasteiger partial charge in [-0.2, -0.15) is 0 Å². The van der Waals surface area contributed by atoms with Gasteiger partial charge in [-0.05, 0) is 64.1 Å². The molecule has 0 unspecified atom stereocenters. The molecule has 0 heterocycles. The van der Waals surface area contributed by atoms with Gasteiger partial charge in [0, 0.05) is 16.7 Å². The van der Waals surface area contributed by atoms with Crippen molar-refractivity contribution >= 4 is 23.2 Å². The molecule has 6 aromatic rings. The van der Waals surface area contributed by atoms with Gasteiger partial charge in [0.1, 0.15) is 42.8 Å². The molecule has 0 aliphatic rings. The van der Waals surface area contributed by atoms with Gasteiger partial charge < -0.3 is 4.48 Å². The molecule has 47 heavy (non-hydrogen) atoms. The minimum Gasteiger partial charge on any atom is -0.310 e. The van der Waals surface area contributed by atoms with E-state index in [0.717, 1.165) is 24.1 Å². The highest BCUT2D eigenvalue weighted by molar-refractivity contribution is 7.96. The summed E-state index contributed by atoms with van der Waals surface area (Å²) in [7, 11) is -1.63. The SMILES string of the molecule is CC(C)[N+](Cc1ccccc1)(Cc1ccccc1)Cc1ccccc1.CC(C)[P+](c1ccccc1)(c1ccccc1)c1ccccc1. The highest BCUT2D eigenvalue weighted by atomic mass is 31.2. The summed E-state index contributed by atoms with van der Waals surface area (Å²) in [4.78, 5) is 0. The maximum atomic E-state index is 2.36. The summed E-state index contributed by atoms with van der Waals surface area (Å²) in [6, 6.07) is 66.4. The van der Waals surface area contributed by atoms with Crippen molar-refractivity contribution < 1.29 is 4.48 Å². The van der Waals surface area contributed by atoms with E-state index in [9.17, 15) is 0 Å². The topological polar surface area (TPSA) is 0 Å². The van der Waals surface area contributed by atoms with Crippen LogP contribution in [0.25, 0.3) is 0 Å². The van der Waals surface area contributed by atoms with Crippen molar-refractivity contribution in [2.75, 3.05) is 0 Å². The van der Waals surface area contributed by atoms with Crippen molar-refractivity contribution in [1.82, 2.24) is 0 Å². The monoisotopic (exact) mass is 635 g/mol. The summed E-state index contributed by atoms with van der Waals surface area (Å²) < 4.78 is 1.03. The number of hydrogen-bond acceptors (Lipinski definition) is 0. The molecule has 6 aromatic carbocycles. The van der Waals surface area contributed by atoms with Crippen LogP contribution in [0.1, 0.15) is 44.4 Å². The summed E-state index contributed by atoms with van der Waals surface area (Å²) in [5.74, 6) is 0. The zero-order chi connectivity index (χ0) is 33.0. The average Bonchev–Trinajstić information content (AvgIpc) is 3.11. The normalized spacial score (nSPS) is 11.6. The molecule has 0 N–H and O–H groups in total. The van der Waals surface area contributed by atoms with Gasteiger partial charge in [-0.15, -0.1) is 0 Å². The summed E-state index contributed by atoms with van der Waals surface area (Å²) in [5.41, 5.74) is 4.77. The Morgan fingerprint density at radius 3 is 0.809 bits per heavy atom. The van der Waals surface area contributed by atoms with E-state index in [0.29, 0.717) is 11.7 Å². The number of benzene rings is 6. The standard InChI is InChI=1S/C24H28N.C21H22P/c1-21(2)25(18-22-12-6-3-7-13-22,19-23-14-8-4-9-15-23)20-24-16-10-5-11-17-24;1-18(2)22(19-12-6-3-7-13-19,20-14-8-4-9-15-20)21-16-10-5-11-17-21/h3-17,21H,18-20H2,1-2H3;3-18H,1-2H3/q2*+1. The van der Waals surface area contributed by atoms with Gasteiger partial charge >= 0.3 is 0 Å². The van der Waals surface area contributed by atoms with Crippen molar-refractivity contribution in [3.8, 4) is 0 Å². The second-order valence-corrected chi connectivity index (χ2v) is 17.1. The van der Waals surface area contributed by atoms with E-state index >= 15 is 0 Å². The lowest BCUT2D eigenvalue weighted by Crippen LogP contribution is -2.51. The van der Waals surface area contributed by atoms with Crippen LogP contribution in [-0.2, 0) is 19.6 Å². The maximum absolute atomic E-state index is 2.36. The molecule has 0 bridgehead atoms. The predicted molar refractivity (Wildman–Crippen MR) is 206 cm³/mol. The molecule has 0 atom stereocenters.